The molecular formula is C14H25NO4. The minimum Gasteiger partial charge on any atom is -0.463 e. The summed E-state index contributed by atoms with van der Waals surface area (Å²) in [6, 6.07) is -0.0381. The predicted octanol–water partition coefficient (Wildman–Crippen LogP) is 1.48. The average Bonchev–Trinajstić information content (AvgIpc) is 2.35. The predicted molar refractivity (Wildman–Crippen MR) is 71.5 cm³/mol. The minimum absolute atomic E-state index is 0.0289. The van der Waals surface area contributed by atoms with Crippen LogP contribution in [0.4, 0.5) is 0 Å². The summed E-state index contributed by atoms with van der Waals surface area (Å²) in [5.74, 6) is -0.0614. The molecule has 0 radical (unpaired) electrons. The topological polar surface area (TPSA) is 66.8 Å². The van der Waals surface area contributed by atoms with Gasteiger partial charge < -0.3 is 14.7 Å². The second-order valence-electron chi connectivity index (χ2n) is 5.31. The standard InChI is InChI=1S/C14H25NO4/c1-11(2)19-14(18)8-3-4-9-15-12(10-16)6-5-7-13(15)17/h11-12,16H,3-10H2,1-2H3/t12-/m1/s1. The molecule has 19 heavy (non-hydrogen) atoms. The Hall–Kier alpha value is -1.10. The van der Waals surface area contributed by atoms with E-state index in [1.807, 2.05) is 13.8 Å². The van der Waals surface area contributed by atoms with Crippen molar-refractivity contribution in [3.63, 3.8) is 0 Å². The normalized spacial score (nSPS) is 19.9. The van der Waals surface area contributed by atoms with Gasteiger partial charge in [-0.3, -0.25) is 9.59 Å². The van der Waals surface area contributed by atoms with E-state index < -0.39 is 0 Å². The van der Waals surface area contributed by atoms with Gasteiger partial charge in [0.25, 0.3) is 0 Å². The summed E-state index contributed by atoms with van der Waals surface area (Å²) >= 11 is 0. The number of nitrogens with zero attached hydrogens (tertiary/aromatic N) is 1. The van der Waals surface area contributed by atoms with Gasteiger partial charge in [-0.15, -0.1) is 0 Å². The van der Waals surface area contributed by atoms with Crippen molar-refractivity contribution in [1.29, 1.82) is 0 Å². The molecule has 5 heteroatoms. The summed E-state index contributed by atoms with van der Waals surface area (Å²) in [7, 11) is 0. The highest BCUT2D eigenvalue weighted by atomic mass is 16.5. The van der Waals surface area contributed by atoms with Gasteiger partial charge in [-0.05, 0) is 39.5 Å². The van der Waals surface area contributed by atoms with E-state index in [2.05, 4.69) is 0 Å². The molecule has 0 aromatic carbocycles. The molecule has 0 unspecified atom stereocenters. The number of aliphatic hydroxyl groups is 1. The maximum Gasteiger partial charge on any atom is 0.306 e. The van der Waals surface area contributed by atoms with Gasteiger partial charge in [0, 0.05) is 19.4 Å². The number of carbonyl (C=O) groups is 2. The molecule has 0 aromatic rings. The number of rotatable bonds is 7. The Balaban J connectivity index is 2.23. The molecule has 110 valence electrons. The third-order valence-corrected chi connectivity index (χ3v) is 3.30. The smallest absolute Gasteiger partial charge is 0.306 e. The number of unbranched alkanes of at least 4 members (excludes halogenated alkanes) is 1. The van der Waals surface area contributed by atoms with Crippen molar-refractivity contribution >= 4 is 11.9 Å². The maximum atomic E-state index is 11.8. The Morgan fingerprint density at radius 3 is 2.84 bits per heavy atom. The molecule has 1 heterocycles. The molecule has 0 spiro atoms. The zero-order valence-corrected chi connectivity index (χ0v) is 11.9. The Labute approximate surface area is 114 Å². The van der Waals surface area contributed by atoms with Crippen molar-refractivity contribution in [2.75, 3.05) is 13.2 Å². The first-order valence-electron chi connectivity index (χ1n) is 7.14. The van der Waals surface area contributed by atoms with Gasteiger partial charge >= 0.3 is 5.97 Å². The van der Waals surface area contributed by atoms with Crippen LogP contribution < -0.4 is 0 Å². The summed E-state index contributed by atoms with van der Waals surface area (Å²) in [6.45, 7) is 4.31. The molecule has 0 aromatic heterocycles. The second kappa shape index (κ2) is 8.15. The van der Waals surface area contributed by atoms with Crippen LogP contribution in [0.15, 0.2) is 0 Å². The Morgan fingerprint density at radius 1 is 1.47 bits per heavy atom. The number of likely N-dealkylation sites (tertiary alicyclic amines) is 1. The van der Waals surface area contributed by atoms with Gasteiger partial charge in [-0.2, -0.15) is 0 Å². The molecule has 1 saturated heterocycles. The van der Waals surface area contributed by atoms with Gasteiger partial charge in [-0.1, -0.05) is 0 Å². The average molecular weight is 271 g/mol. The Morgan fingerprint density at radius 2 is 2.21 bits per heavy atom. The molecule has 1 atom stereocenters. The van der Waals surface area contributed by atoms with Gasteiger partial charge in [0.15, 0.2) is 0 Å². The van der Waals surface area contributed by atoms with E-state index in [0.29, 0.717) is 25.8 Å². The van der Waals surface area contributed by atoms with Gasteiger partial charge in [0.05, 0.1) is 18.8 Å². The molecule has 5 nitrogen and oxygen atoms in total. The monoisotopic (exact) mass is 271 g/mol. The third kappa shape index (κ3) is 5.59. The molecular weight excluding hydrogens is 246 g/mol. The number of ether oxygens (including phenoxy) is 1. The first-order valence-corrected chi connectivity index (χ1v) is 7.14. The fourth-order valence-electron chi connectivity index (χ4n) is 2.36. The third-order valence-electron chi connectivity index (χ3n) is 3.30. The van der Waals surface area contributed by atoms with Crippen LogP contribution in [-0.2, 0) is 14.3 Å². The minimum atomic E-state index is -0.182. The summed E-state index contributed by atoms with van der Waals surface area (Å²) in [5.41, 5.74) is 0. The highest BCUT2D eigenvalue weighted by Crippen LogP contribution is 2.18. The SMILES string of the molecule is CC(C)OC(=O)CCCCN1C(=O)CCC[C@@H]1CO. The van der Waals surface area contributed by atoms with E-state index in [0.717, 1.165) is 19.3 Å². The zero-order valence-electron chi connectivity index (χ0n) is 11.9. The molecule has 1 fully saturated rings. The number of amides is 1. The molecule has 0 aliphatic carbocycles. The fourth-order valence-corrected chi connectivity index (χ4v) is 2.36. The largest absolute Gasteiger partial charge is 0.463 e. The van der Waals surface area contributed by atoms with E-state index in [1.54, 1.807) is 4.90 Å². The fraction of sp³-hybridized carbons (Fsp3) is 0.857. The van der Waals surface area contributed by atoms with Crippen LogP contribution in [0.25, 0.3) is 0 Å². The Bertz CT molecular complexity index is 304. The van der Waals surface area contributed by atoms with E-state index in [1.165, 1.54) is 0 Å². The van der Waals surface area contributed by atoms with Crippen molar-refractivity contribution in [3.05, 3.63) is 0 Å². The lowest BCUT2D eigenvalue weighted by molar-refractivity contribution is -0.147. The highest BCUT2D eigenvalue weighted by molar-refractivity contribution is 5.77. The molecule has 1 rings (SSSR count). The summed E-state index contributed by atoms with van der Waals surface area (Å²) < 4.78 is 5.05. The Kier molecular flexibility index (Phi) is 6.84. The lowest BCUT2D eigenvalue weighted by Gasteiger charge is -2.34. The molecule has 1 N–H and O–H groups in total. The van der Waals surface area contributed by atoms with Crippen LogP contribution in [0.3, 0.4) is 0 Å². The number of hydrogen-bond acceptors (Lipinski definition) is 4. The molecule has 0 saturated carbocycles. The summed E-state index contributed by atoms with van der Waals surface area (Å²) in [4.78, 5) is 24.9. The quantitative estimate of drug-likeness (QED) is 0.562. The molecule has 1 aliphatic rings. The number of piperidine rings is 1. The number of hydrogen-bond donors (Lipinski definition) is 1. The van der Waals surface area contributed by atoms with Crippen molar-refractivity contribution in [3.8, 4) is 0 Å². The maximum absolute atomic E-state index is 11.8. The van der Waals surface area contributed by atoms with E-state index >= 15 is 0 Å². The van der Waals surface area contributed by atoms with Crippen LogP contribution in [0, 0.1) is 0 Å². The second-order valence-corrected chi connectivity index (χ2v) is 5.31. The van der Waals surface area contributed by atoms with E-state index in [9.17, 15) is 14.7 Å². The van der Waals surface area contributed by atoms with Crippen LogP contribution >= 0.6 is 0 Å². The first-order chi connectivity index (χ1) is 9.04. The highest BCUT2D eigenvalue weighted by Gasteiger charge is 2.26. The molecule has 0 bridgehead atoms. The summed E-state index contributed by atoms with van der Waals surface area (Å²) in [5, 5.41) is 9.26. The van der Waals surface area contributed by atoms with Crippen molar-refractivity contribution in [1.82, 2.24) is 4.90 Å². The van der Waals surface area contributed by atoms with Crippen molar-refractivity contribution in [2.45, 2.75) is 64.5 Å². The zero-order chi connectivity index (χ0) is 14.3. The summed E-state index contributed by atoms with van der Waals surface area (Å²) in [6.07, 6.45) is 4.12. The van der Waals surface area contributed by atoms with Gasteiger partial charge in [-0.25, -0.2) is 0 Å². The molecule has 1 aliphatic heterocycles. The van der Waals surface area contributed by atoms with Crippen molar-refractivity contribution < 1.29 is 19.4 Å². The number of esters is 1. The van der Waals surface area contributed by atoms with Crippen LogP contribution in [0.2, 0.25) is 0 Å². The lowest BCUT2D eigenvalue weighted by Crippen LogP contribution is -2.46. The van der Waals surface area contributed by atoms with Crippen LogP contribution in [0.1, 0.15) is 52.4 Å². The molecule has 1 amide bonds. The number of aliphatic hydroxyl groups excluding tert-OH is 1. The van der Waals surface area contributed by atoms with E-state index in [-0.39, 0.29) is 30.6 Å². The van der Waals surface area contributed by atoms with E-state index in [4.69, 9.17) is 4.74 Å². The van der Waals surface area contributed by atoms with Gasteiger partial charge in [0.2, 0.25) is 5.91 Å². The number of carbonyl (C=O) groups excluding carboxylic acids is 2. The van der Waals surface area contributed by atoms with Crippen molar-refractivity contribution in [2.24, 2.45) is 0 Å². The lowest BCUT2D eigenvalue weighted by atomic mass is 10.0. The van der Waals surface area contributed by atoms with Gasteiger partial charge in [0.1, 0.15) is 0 Å². The first kappa shape index (κ1) is 16.0. The van der Waals surface area contributed by atoms with Crippen LogP contribution in [-0.4, -0.2) is 47.2 Å². The van der Waals surface area contributed by atoms with Crippen LogP contribution in [0.5, 0.6) is 0 Å².